The van der Waals surface area contributed by atoms with Crippen molar-refractivity contribution in [2.45, 2.75) is 57.7 Å². The molecule has 1 saturated carbocycles. The highest BCUT2D eigenvalue weighted by Gasteiger charge is 2.71. The highest BCUT2D eigenvalue weighted by molar-refractivity contribution is 6.74. The van der Waals surface area contributed by atoms with Gasteiger partial charge >= 0.3 is 5.97 Å². The summed E-state index contributed by atoms with van der Waals surface area (Å²) < 4.78 is 11.6. The summed E-state index contributed by atoms with van der Waals surface area (Å²) in [5.41, 5.74) is 0.0816. The number of halogens is 1. The molecule has 0 saturated heterocycles. The molecule has 1 aromatic carbocycles. The van der Waals surface area contributed by atoms with E-state index < -0.39 is 13.7 Å². The number of hydrogen-bond acceptors (Lipinski definition) is 3. The van der Waals surface area contributed by atoms with E-state index >= 15 is 0 Å². The number of methoxy groups -OCH3 is 1. The molecule has 0 aliphatic heterocycles. The molecule has 1 aliphatic rings. The van der Waals surface area contributed by atoms with Gasteiger partial charge in [0.2, 0.25) is 0 Å². The molecule has 5 heteroatoms. The Morgan fingerprint density at radius 3 is 2.25 bits per heavy atom. The average Bonchev–Trinajstić information content (AvgIpc) is 3.12. The van der Waals surface area contributed by atoms with Crippen molar-refractivity contribution in [1.29, 1.82) is 0 Å². The first-order valence-corrected chi connectivity index (χ1v) is 11.7. The van der Waals surface area contributed by atoms with E-state index in [0.29, 0.717) is 11.6 Å². The first-order chi connectivity index (χ1) is 10.9. The lowest BCUT2D eigenvalue weighted by Gasteiger charge is -2.37. The zero-order valence-corrected chi connectivity index (χ0v) is 17.6. The van der Waals surface area contributed by atoms with Crippen molar-refractivity contribution in [3.8, 4) is 0 Å². The van der Waals surface area contributed by atoms with Crippen LogP contribution in [0.5, 0.6) is 0 Å². The number of benzene rings is 1. The number of hydrogen-bond donors (Lipinski definition) is 0. The fraction of sp³-hybridized carbons (Fsp3) is 0.632. The fourth-order valence-corrected chi connectivity index (χ4v) is 4.31. The van der Waals surface area contributed by atoms with Gasteiger partial charge in [0.15, 0.2) is 8.32 Å². The summed E-state index contributed by atoms with van der Waals surface area (Å²) in [7, 11) is -0.413. The third-order valence-electron chi connectivity index (χ3n) is 5.99. The molecule has 0 heterocycles. The van der Waals surface area contributed by atoms with Gasteiger partial charge < -0.3 is 9.16 Å². The predicted molar refractivity (Wildman–Crippen MR) is 101 cm³/mol. The van der Waals surface area contributed by atoms with Crippen LogP contribution in [-0.4, -0.2) is 28.0 Å². The van der Waals surface area contributed by atoms with E-state index in [-0.39, 0.29) is 16.4 Å². The van der Waals surface area contributed by atoms with Gasteiger partial charge in [0.25, 0.3) is 0 Å². The molecule has 3 nitrogen and oxygen atoms in total. The number of esters is 1. The number of carbonyl (C=O) groups is 1. The first-order valence-electron chi connectivity index (χ1n) is 8.38. The Morgan fingerprint density at radius 1 is 1.25 bits per heavy atom. The van der Waals surface area contributed by atoms with Crippen LogP contribution in [0.25, 0.3) is 0 Å². The summed E-state index contributed by atoms with van der Waals surface area (Å²) in [6, 6.07) is 7.51. The van der Waals surface area contributed by atoms with Gasteiger partial charge in [-0.25, -0.2) is 0 Å². The maximum absolute atomic E-state index is 12.6. The van der Waals surface area contributed by atoms with Gasteiger partial charge in [-0.05, 0) is 42.2 Å². The van der Waals surface area contributed by atoms with Crippen molar-refractivity contribution < 1.29 is 14.0 Å². The summed E-state index contributed by atoms with van der Waals surface area (Å²) >= 11 is 6.00. The van der Waals surface area contributed by atoms with E-state index in [9.17, 15) is 4.79 Å². The minimum atomic E-state index is -1.87. The normalized spacial score (nSPS) is 27.0. The van der Waals surface area contributed by atoms with E-state index in [2.05, 4.69) is 40.8 Å². The van der Waals surface area contributed by atoms with Gasteiger partial charge in [0, 0.05) is 17.0 Å². The lowest BCUT2D eigenvalue weighted by Crippen LogP contribution is -2.43. The monoisotopic (exact) mass is 368 g/mol. The van der Waals surface area contributed by atoms with Gasteiger partial charge in [0.1, 0.15) is 5.41 Å². The Bertz CT molecular complexity index is 620. The molecule has 0 amide bonds. The Balaban J connectivity index is 2.27. The second-order valence-corrected chi connectivity index (χ2v) is 13.9. The molecule has 24 heavy (non-hydrogen) atoms. The molecular weight excluding hydrogens is 340 g/mol. The van der Waals surface area contributed by atoms with Crippen molar-refractivity contribution in [3.63, 3.8) is 0 Å². The lowest BCUT2D eigenvalue weighted by molar-refractivity contribution is -0.145. The van der Waals surface area contributed by atoms with E-state index in [1.807, 2.05) is 24.3 Å². The Kier molecular flexibility index (Phi) is 4.99. The quantitative estimate of drug-likeness (QED) is 0.530. The molecule has 2 unspecified atom stereocenters. The fourth-order valence-electron chi connectivity index (χ4n) is 3.07. The van der Waals surface area contributed by atoms with Crippen LogP contribution in [0.2, 0.25) is 23.2 Å². The van der Waals surface area contributed by atoms with Gasteiger partial charge in [-0.3, -0.25) is 4.79 Å². The highest BCUT2D eigenvalue weighted by Crippen LogP contribution is 2.65. The van der Waals surface area contributed by atoms with Crippen LogP contribution in [0.3, 0.4) is 0 Å². The first kappa shape index (κ1) is 19.5. The van der Waals surface area contributed by atoms with Crippen molar-refractivity contribution >= 4 is 25.9 Å². The van der Waals surface area contributed by atoms with E-state index in [0.717, 1.165) is 12.0 Å². The maximum atomic E-state index is 12.6. The SMILES string of the molecule is COC(=O)C1(c2ccc(Cl)cc2)CC1(C)CO[Si](C)(C)C(C)(C)C. The van der Waals surface area contributed by atoms with Gasteiger partial charge in [0.05, 0.1) is 7.11 Å². The van der Waals surface area contributed by atoms with E-state index in [1.54, 1.807) is 0 Å². The number of rotatable bonds is 5. The molecule has 2 atom stereocenters. The van der Waals surface area contributed by atoms with Crippen LogP contribution in [0.4, 0.5) is 0 Å². The summed E-state index contributed by atoms with van der Waals surface area (Å²) in [4.78, 5) is 12.6. The molecule has 1 fully saturated rings. The molecule has 0 spiro atoms. The minimum absolute atomic E-state index is 0.145. The lowest BCUT2D eigenvalue weighted by atomic mass is 9.87. The number of ether oxygens (including phenoxy) is 1. The standard InChI is InChI=1S/C19H29ClO3Si/c1-17(2,3)24(6,7)23-13-18(4)12-19(18,16(21)22-5)14-8-10-15(20)11-9-14/h8-11H,12-13H2,1-7H3. The summed E-state index contributed by atoms with van der Waals surface area (Å²) in [5.74, 6) is -0.189. The van der Waals surface area contributed by atoms with Crippen LogP contribution in [0.1, 0.15) is 39.7 Å². The minimum Gasteiger partial charge on any atom is -0.468 e. The topological polar surface area (TPSA) is 35.5 Å². The molecule has 134 valence electrons. The third-order valence-corrected chi connectivity index (χ3v) is 10.7. The molecule has 0 aromatic heterocycles. The third kappa shape index (κ3) is 3.16. The van der Waals surface area contributed by atoms with Gasteiger partial charge in [-0.1, -0.05) is 51.4 Å². The maximum Gasteiger partial charge on any atom is 0.316 e. The van der Waals surface area contributed by atoms with Crippen molar-refractivity contribution in [1.82, 2.24) is 0 Å². The molecule has 1 aliphatic carbocycles. The largest absolute Gasteiger partial charge is 0.468 e. The summed E-state index contributed by atoms with van der Waals surface area (Å²) in [5, 5.41) is 0.811. The summed E-state index contributed by atoms with van der Waals surface area (Å²) in [6.07, 6.45) is 0.739. The Morgan fingerprint density at radius 2 is 1.79 bits per heavy atom. The van der Waals surface area contributed by atoms with Gasteiger partial charge in [-0.2, -0.15) is 0 Å². The van der Waals surface area contributed by atoms with E-state index in [4.69, 9.17) is 20.8 Å². The van der Waals surface area contributed by atoms with Crippen LogP contribution in [0.15, 0.2) is 24.3 Å². The molecule has 1 aromatic rings. The molecular formula is C19H29ClO3Si. The zero-order valence-electron chi connectivity index (χ0n) is 15.8. The second-order valence-electron chi connectivity index (χ2n) is 8.69. The van der Waals surface area contributed by atoms with E-state index in [1.165, 1.54) is 7.11 Å². The Hall–Kier alpha value is -0.843. The predicted octanol–water partition coefficient (Wildman–Crippen LogP) is 5.18. The molecule has 0 radical (unpaired) electrons. The average molecular weight is 369 g/mol. The van der Waals surface area contributed by atoms with Crippen LogP contribution < -0.4 is 0 Å². The van der Waals surface area contributed by atoms with Crippen LogP contribution >= 0.6 is 11.6 Å². The summed E-state index contributed by atoms with van der Waals surface area (Å²) in [6.45, 7) is 13.8. The molecule has 0 bridgehead atoms. The van der Waals surface area contributed by atoms with Crippen LogP contribution in [-0.2, 0) is 19.4 Å². The van der Waals surface area contributed by atoms with Gasteiger partial charge in [-0.15, -0.1) is 0 Å². The Labute approximate surface area is 151 Å². The number of carbonyl (C=O) groups excluding carboxylic acids is 1. The van der Waals surface area contributed by atoms with Crippen LogP contribution in [0, 0.1) is 5.41 Å². The zero-order chi connectivity index (χ0) is 18.4. The molecule has 0 N–H and O–H groups in total. The van der Waals surface area contributed by atoms with Crippen molar-refractivity contribution in [3.05, 3.63) is 34.9 Å². The second kappa shape index (κ2) is 6.15. The van der Waals surface area contributed by atoms with Crippen molar-refractivity contribution in [2.75, 3.05) is 13.7 Å². The molecule has 2 rings (SSSR count). The van der Waals surface area contributed by atoms with Crippen molar-refractivity contribution in [2.24, 2.45) is 5.41 Å². The highest BCUT2D eigenvalue weighted by atomic mass is 35.5. The smallest absolute Gasteiger partial charge is 0.316 e.